The molecule has 20 nitrogen and oxygen atoms in total. The maximum atomic E-state index is 14.7. The van der Waals surface area contributed by atoms with Gasteiger partial charge >= 0.3 is 23.9 Å². The fourth-order valence-corrected chi connectivity index (χ4v) is 32.9. The molecule has 20 heteroatoms. The molecule has 12 unspecified atom stereocenters. The van der Waals surface area contributed by atoms with Crippen LogP contribution in [0.15, 0.2) is 146 Å². The number of phenols is 4. The number of aromatic hydroxyl groups is 4. The summed E-state index contributed by atoms with van der Waals surface area (Å²) < 4.78 is 77.9. The fraction of sp³-hybridized carbons (Fsp3) is 0.552. The Kier molecular flexibility index (Phi) is 23.8. The predicted octanol–water partition coefficient (Wildman–Crippen LogP) is 24.1. The maximum absolute atomic E-state index is 14.7. The van der Waals surface area contributed by atoms with Gasteiger partial charge in [-0.15, -0.1) is 0 Å². The number of fused-ring (bicyclic) bond motifs is 8. The smallest absolute Gasteiger partial charge is 0.340 e. The van der Waals surface area contributed by atoms with Gasteiger partial charge in [0.05, 0.1) is 73.1 Å². The normalized spacial score (nSPS) is 34.6. The van der Waals surface area contributed by atoms with Gasteiger partial charge in [-0.05, 0) is 342 Å². The van der Waals surface area contributed by atoms with E-state index >= 15 is 0 Å². The van der Waals surface area contributed by atoms with Crippen molar-refractivity contribution in [2.45, 2.75) is 256 Å². The largest absolute Gasteiger partial charge is 0.507 e. The SMILES string of the molecule is CCC1(OCOC(=O)c2ccc(C3c4cc(c(OC)cc4O)C(c4ccc(C(=O)OCOC5(CC)C6CC7CC5CC(C)(C7)C6)cc4)c4cc(c(OC)cc4O)C(c4ccc(C(=O)OCOC5(CC)C6CC7CC5CC(C)(C7)C6)cc4)c4cc(c(OC)cc4O)C(c4ccc(C(=O)OCOC5(CC)C6CC7CC5CC(C)(C7)C6)cc4)c4cc3c(OC)cc4O)cc2)C2CC3CC1CC(C)(C3)C2. The molecule has 0 heterocycles. The molecule has 24 bridgehead atoms. The molecule has 8 aromatic rings. The molecule has 16 saturated carbocycles. The number of methoxy groups -OCH3 is 4. The third-order valence-corrected chi connectivity index (χ3v) is 37.7. The van der Waals surface area contributed by atoms with Crippen LogP contribution in [0.4, 0.5) is 0 Å². The number of esters is 4. The van der Waals surface area contributed by atoms with Gasteiger partial charge in [0.1, 0.15) is 46.0 Å². The van der Waals surface area contributed by atoms with Crippen molar-refractivity contribution in [1.82, 2.24) is 0 Å². The average molecular weight is 1850 g/mol. The van der Waals surface area contributed by atoms with Gasteiger partial charge in [0.25, 0.3) is 0 Å². The Morgan fingerprint density at radius 3 is 0.596 bits per heavy atom. The van der Waals surface area contributed by atoms with Crippen LogP contribution in [0.1, 0.15) is 341 Å². The summed E-state index contributed by atoms with van der Waals surface area (Å²) >= 11 is 0. The van der Waals surface area contributed by atoms with Crippen LogP contribution in [0.3, 0.4) is 0 Å². The van der Waals surface area contributed by atoms with Crippen LogP contribution < -0.4 is 18.9 Å². The van der Waals surface area contributed by atoms with Crippen LogP contribution in [0, 0.1) is 92.7 Å². The summed E-state index contributed by atoms with van der Waals surface area (Å²) in [7, 11) is 6.00. The molecule has 0 amide bonds. The van der Waals surface area contributed by atoms with Crippen molar-refractivity contribution in [1.29, 1.82) is 0 Å². The van der Waals surface area contributed by atoms with Gasteiger partial charge in [-0.2, -0.15) is 0 Å². The number of hydrogen-bond acceptors (Lipinski definition) is 20. The Hall–Kier alpha value is -10.1. The molecule has 0 spiro atoms. The minimum atomic E-state index is -1.07. The molecule has 8 aromatic carbocycles. The van der Waals surface area contributed by atoms with Crippen molar-refractivity contribution >= 4 is 23.9 Å². The first-order valence-electron chi connectivity index (χ1n) is 50.7. The second-order valence-electron chi connectivity index (χ2n) is 45.5. The molecule has 17 aliphatic rings. The number of carbonyl (C=O) groups excluding carboxylic acids is 4. The van der Waals surface area contributed by atoms with Crippen LogP contribution in [0.5, 0.6) is 46.0 Å². The van der Waals surface area contributed by atoms with E-state index in [0.29, 0.717) is 137 Å². The number of benzene rings is 8. The van der Waals surface area contributed by atoms with Crippen molar-refractivity contribution in [3.05, 3.63) is 235 Å². The number of hydrogen-bond donors (Lipinski definition) is 4. The van der Waals surface area contributed by atoms with Gasteiger partial charge in [-0.1, -0.05) is 104 Å². The molecule has 720 valence electrons. The third-order valence-electron chi connectivity index (χ3n) is 37.7. The van der Waals surface area contributed by atoms with E-state index in [2.05, 4.69) is 55.4 Å². The second-order valence-corrected chi connectivity index (χ2v) is 45.5. The van der Waals surface area contributed by atoms with Crippen LogP contribution in [0.2, 0.25) is 0 Å². The van der Waals surface area contributed by atoms with E-state index in [0.717, 1.165) is 128 Å². The van der Waals surface area contributed by atoms with Crippen LogP contribution >= 0.6 is 0 Å². The standard InChI is InChI=1S/C116H136O20/c1-13-113(77-33-65-34-78(113)54-109(5,49-65)53-77)133-61-129-105(121)73-25-17-69(18-26-73)101-85-41-90(98(126-10)45-93(85)117)103(71-21-29-75(30-22-71)107(123)131-63-135-115(15-3)81-37-67-38-82(115)58-111(7,51-67)57-81)87-43-92(100(128-12)47-95(87)119)104(72-23-31-76(32-24-72)108(124)132-64-136-116(16-4)83-39-68-40-84(116)60-112(8,52-68)59-83)88-44-91(99(127-11)48-96(88)120)102(86-42-89(101)97(125-9)46-94(86)118)70-19-27-74(28-20-70)106(122)130-62-134-114(14-2)79-35-66-36-80(114)56-110(6,50-66)55-79/h17-32,41-48,65-68,77-84,101-104,117-120H,13-16,33-40,49-64H2,1-12H3. The summed E-state index contributed by atoms with van der Waals surface area (Å²) in [4.78, 5) is 58.7. The minimum Gasteiger partial charge on any atom is -0.507 e. The van der Waals surface area contributed by atoms with Crippen LogP contribution in [-0.4, -0.2) is 122 Å². The van der Waals surface area contributed by atoms with Gasteiger partial charge in [0, 0.05) is 92.4 Å². The molecule has 4 N–H and O–H groups in total. The average Bonchev–Trinajstić information content (AvgIpc) is 0.728. The van der Waals surface area contributed by atoms with Crippen LogP contribution in [-0.2, 0) is 37.9 Å². The molecular formula is C116H136O20. The van der Waals surface area contributed by atoms with E-state index in [9.17, 15) is 39.6 Å². The molecule has 0 aromatic heterocycles. The van der Waals surface area contributed by atoms with Gasteiger partial charge in [-0.3, -0.25) is 0 Å². The first-order valence-corrected chi connectivity index (χ1v) is 50.7. The molecule has 12 atom stereocenters. The summed E-state index contributed by atoms with van der Waals surface area (Å²) in [6.07, 6.45) is 26.0. The van der Waals surface area contributed by atoms with Crippen molar-refractivity contribution in [2.75, 3.05) is 55.6 Å². The summed E-state index contributed by atoms with van der Waals surface area (Å²) in [5.74, 6) is -0.960. The highest BCUT2D eigenvalue weighted by atomic mass is 16.7. The van der Waals surface area contributed by atoms with E-state index < -0.39 is 47.5 Å². The first kappa shape index (κ1) is 92.2. The number of phenolic OH excluding ortho intramolecular Hbond substituents is 4. The van der Waals surface area contributed by atoms with E-state index in [1.165, 1.54) is 78.4 Å². The topological polar surface area (TPSA) is 260 Å². The second kappa shape index (κ2) is 35.0. The monoisotopic (exact) mass is 1850 g/mol. The lowest BCUT2D eigenvalue weighted by Gasteiger charge is -2.64. The van der Waals surface area contributed by atoms with Gasteiger partial charge < -0.3 is 77.3 Å². The van der Waals surface area contributed by atoms with Gasteiger partial charge in [0.15, 0.2) is 27.2 Å². The summed E-state index contributed by atoms with van der Waals surface area (Å²) in [5, 5.41) is 53.5. The Morgan fingerprint density at radius 1 is 0.265 bits per heavy atom. The third kappa shape index (κ3) is 15.6. The van der Waals surface area contributed by atoms with Crippen molar-refractivity contribution < 1.29 is 96.4 Å². The van der Waals surface area contributed by atoms with Gasteiger partial charge in [-0.25, -0.2) is 19.2 Å². The van der Waals surface area contributed by atoms with Crippen LogP contribution in [0.25, 0.3) is 0 Å². The molecule has 16 fully saturated rings. The zero-order valence-corrected chi connectivity index (χ0v) is 81.2. The van der Waals surface area contributed by atoms with E-state index in [1.807, 2.05) is 72.8 Å². The zero-order chi connectivity index (χ0) is 94.7. The Balaban J connectivity index is 0.699. The molecule has 17 aliphatic carbocycles. The zero-order valence-electron chi connectivity index (χ0n) is 81.2. The lowest BCUT2D eigenvalue weighted by molar-refractivity contribution is -0.248. The number of rotatable bonds is 28. The molecule has 25 rings (SSSR count). The van der Waals surface area contributed by atoms with Gasteiger partial charge in [0.2, 0.25) is 0 Å². The highest BCUT2D eigenvalue weighted by Crippen LogP contribution is 2.71. The minimum absolute atomic E-state index is 0.194. The Morgan fingerprint density at radius 2 is 0.441 bits per heavy atom. The van der Waals surface area contributed by atoms with E-state index in [4.69, 9.17) is 56.8 Å². The van der Waals surface area contributed by atoms with E-state index in [1.54, 1.807) is 48.5 Å². The molecule has 0 aliphatic heterocycles. The first-order chi connectivity index (χ1) is 65.4. The highest BCUT2D eigenvalue weighted by Gasteiger charge is 2.65. The Labute approximate surface area is 800 Å². The molecule has 0 radical (unpaired) electrons. The summed E-state index contributed by atoms with van der Waals surface area (Å²) in [5.41, 5.74) is 5.67. The maximum Gasteiger partial charge on any atom is 0.340 e. The lowest BCUT2D eigenvalue weighted by atomic mass is 9.44. The highest BCUT2D eigenvalue weighted by molar-refractivity contribution is 5.91. The number of carbonyl (C=O) groups is 4. The lowest BCUT2D eigenvalue weighted by Crippen LogP contribution is -2.61. The van der Waals surface area contributed by atoms with Crippen molar-refractivity contribution in [3.63, 3.8) is 0 Å². The number of ether oxygens (including phenoxy) is 12. The van der Waals surface area contributed by atoms with Crippen molar-refractivity contribution in [2.24, 2.45) is 92.7 Å². The van der Waals surface area contributed by atoms with Crippen molar-refractivity contribution in [3.8, 4) is 46.0 Å². The summed E-state index contributed by atoms with van der Waals surface area (Å²) in [6, 6.07) is 41.5. The molecule has 136 heavy (non-hydrogen) atoms. The fourth-order valence-electron chi connectivity index (χ4n) is 32.9. The molecule has 0 saturated heterocycles. The van der Waals surface area contributed by atoms with E-state index in [-0.39, 0.29) is 140 Å². The summed E-state index contributed by atoms with van der Waals surface area (Å²) in [6.45, 7) is 17.6. The quantitative estimate of drug-likeness (QED) is 0.0202. The predicted molar refractivity (Wildman–Crippen MR) is 512 cm³/mol. The Bertz CT molecular complexity index is 5130. The molecular weight excluding hydrogens is 1710 g/mol.